The molecule has 156 valence electrons. The summed E-state index contributed by atoms with van der Waals surface area (Å²) < 4.78 is 31.0. The first-order valence-corrected chi connectivity index (χ1v) is 10.4. The number of rotatable bonds is 6. The Labute approximate surface area is 192 Å². The molecule has 3 aromatic rings. The molecule has 0 N–H and O–H groups in total. The second-order valence-electron chi connectivity index (χ2n) is 6.64. The molecule has 0 bridgehead atoms. The van der Waals surface area contributed by atoms with Gasteiger partial charge in [0.25, 0.3) is 0 Å². The number of hydrogen-bond donors (Lipinski definition) is 0. The summed E-state index contributed by atoms with van der Waals surface area (Å²) in [4.78, 5) is 16.6. The molecule has 1 aliphatic heterocycles. The van der Waals surface area contributed by atoms with E-state index in [9.17, 15) is 9.18 Å². The molecule has 5 nitrogen and oxygen atoms in total. The molecule has 0 fully saturated rings. The molecule has 0 unspecified atom stereocenters. The van der Waals surface area contributed by atoms with Crippen LogP contribution >= 0.6 is 22.6 Å². The summed E-state index contributed by atoms with van der Waals surface area (Å²) >= 11 is 2.25. The minimum absolute atomic E-state index is 0.117. The van der Waals surface area contributed by atoms with Gasteiger partial charge in [-0.05, 0) is 76.7 Å². The van der Waals surface area contributed by atoms with Crippen LogP contribution < -0.4 is 9.47 Å². The topological polar surface area (TPSA) is 57.1 Å². The van der Waals surface area contributed by atoms with E-state index in [0.717, 1.165) is 9.13 Å². The third-order valence-electron chi connectivity index (χ3n) is 4.51. The lowest BCUT2D eigenvalue weighted by molar-refractivity contribution is -0.129. The molecule has 7 heteroatoms. The van der Waals surface area contributed by atoms with Gasteiger partial charge in [0.2, 0.25) is 5.90 Å². The van der Waals surface area contributed by atoms with Crippen LogP contribution in [0.2, 0.25) is 0 Å². The van der Waals surface area contributed by atoms with Gasteiger partial charge in [-0.25, -0.2) is 14.2 Å². The number of benzene rings is 3. The first-order valence-electron chi connectivity index (χ1n) is 9.36. The van der Waals surface area contributed by atoms with Crippen LogP contribution in [0.1, 0.15) is 16.7 Å². The number of carbonyl (C=O) groups excluding carboxylic acids is 1. The second-order valence-corrected chi connectivity index (χ2v) is 7.89. The van der Waals surface area contributed by atoms with Crippen LogP contribution in [0.4, 0.5) is 4.39 Å². The van der Waals surface area contributed by atoms with Crippen molar-refractivity contribution >= 4 is 40.5 Å². The van der Waals surface area contributed by atoms with Crippen LogP contribution in [0.5, 0.6) is 11.5 Å². The van der Waals surface area contributed by atoms with E-state index in [4.69, 9.17) is 14.2 Å². The fourth-order valence-corrected chi connectivity index (χ4v) is 3.62. The largest absolute Gasteiger partial charge is 0.493 e. The molecule has 0 atom stereocenters. The molecule has 31 heavy (non-hydrogen) atoms. The molecule has 0 amide bonds. The molecule has 0 saturated heterocycles. The SMILES string of the molecule is COc1cccc(/C=C2\N=C(c3ccc(F)cc3)OC2=O)c1OCc1cccc(I)c1. The van der Waals surface area contributed by atoms with Crippen LogP contribution in [0.3, 0.4) is 0 Å². The van der Waals surface area contributed by atoms with Gasteiger partial charge in [0.05, 0.1) is 7.11 Å². The van der Waals surface area contributed by atoms with Crippen molar-refractivity contribution in [3.8, 4) is 11.5 Å². The highest BCUT2D eigenvalue weighted by Gasteiger charge is 2.25. The number of cyclic esters (lactones) is 1. The Bertz CT molecular complexity index is 1190. The molecule has 0 aliphatic carbocycles. The van der Waals surface area contributed by atoms with Crippen LogP contribution in [-0.2, 0) is 16.1 Å². The van der Waals surface area contributed by atoms with Crippen LogP contribution in [0.15, 0.2) is 77.4 Å². The van der Waals surface area contributed by atoms with Gasteiger partial charge in [0, 0.05) is 14.7 Å². The number of ether oxygens (including phenoxy) is 3. The minimum atomic E-state index is -0.592. The monoisotopic (exact) mass is 529 g/mol. The zero-order valence-corrected chi connectivity index (χ0v) is 18.6. The van der Waals surface area contributed by atoms with E-state index in [1.165, 1.54) is 24.3 Å². The molecule has 0 saturated carbocycles. The predicted octanol–water partition coefficient (Wildman–Crippen LogP) is 5.36. The molecular formula is C24H17FINO4. The highest BCUT2D eigenvalue weighted by atomic mass is 127. The Morgan fingerprint density at radius 3 is 2.61 bits per heavy atom. The van der Waals surface area contributed by atoms with Crippen molar-refractivity contribution in [1.82, 2.24) is 0 Å². The maximum absolute atomic E-state index is 13.2. The van der Waals surface area contributed by atoms with E-state index in [1.807, 2.05) is 24.3 Å². The smallest absolute Gasteiger partial charge is 0.363 e. The maximum Gasteiger partial charge on any atom is 0.363 e. The molecule has 4 rings (SSSR count). The molecule has 0 aromatic heterocycles. The van der Waals surface area contributed by atoms with Crippen molar-refractivity contribution < 1.29 is 23.4 Å². The Morgan fingerprint density at radius 2 is 1.87 bits per heavy atom. The average Bonchev–Trinajstić information content (AvgIpc) is 3.13. The summed E-state index contributed by atoms with van der Waals surface area (Å²) in [6.45, 7) is 0.335. The third-order valence-corrected chi connectivity index (χ3v) is 5.18. The van der Waals surface area contributed by atoms with E-state index in [2.05, 4.69) is 27.6 Å². The zero-order valence-electron chi connectivity index (χ0n) is 16.5. The molecule has 1 heterocycles. The number of methoxy groups -OCH3 is 1. The molecule has 0 spiro atoms. The van der Waals surface area contributed by atoms with E-state index in [-0.39, 0.29) is 17.4 Å². The highest BCUT2D eigenvalue weighted by Crippen LogP contribution is 2.34. The number of aliphatic imine (C=N–C) groups is 1. The number of esters is 1. The third kappa shape index (κ3) is 4.93. The molecular weight excluding hydrogens is 512 g/mol. The lowest BCUT2D eigenvalue weighted by Crippen LogP contribution is -2.05. The van der Waals surface area contributed by atoms with Crippen LogP contribution in [0, 0.1) is 9.39 Å². The summed E-state index contributed by atoms with van der Waals surface area (Å²) in [5, 5.41) is 0. The number of nitrogens with zero attached hydrogens (tertiary/aromatic N) is 1. The van der Waals surface area contributed by atoms with Crippen molar-refractivity contribution in [2.24, 2.45) is 4.99 Å². The maximum atomic E-state index is 13.2. The molecule has 3 aromatic carbocycles. The van der Waals surface area contributed by atoms with Gasteiger partial charge < -0.3 is 14.2 Å². The summed E-state index contributed by atoms with van der Waals surface area (Å²) in [6.07, 6.45) is 1.59. The average molecular weight is 529 g/mol. The fraction of sp³-hybridized carbons (Fsp3) is 0.0833. The van der Waals surface area contributed by atoms with Crippen molar-refractivity contribution in [3.05, 3.63) is 98.5 Å². The number of carbonyl (C=O) groups is 1. The number of halogens is 2. The zero-order chi connectivity index (χ0) is 21.8. The first-order chi connectivity index (χ1) is 15.0. The van der Waals surface area contributed by atoms with Crippen LogP contribution in [0.25, 0.3) is 6.08 Å². The summed E-state index contributed by atoms with van der Waals surface area (Å²) in [5.74, 6) is 0.186. The van der Waals surface area contributed by atoms with Gasteiger partial charge in [-0.15, -0.1) is 0 Å². The predicted molar refractivity (Wildman–Crippen MR) is 123 cm³/mol. The number of hydrogen-bond acceptors (Lipinski definition) is 5. The van der Waals surface area contributed by atoms with Gasteiger partial charge in [0.1, 0.15) is 12.4 Å². The van der Waals surface area contributed by atoms with Crippen molar-refractivity contribution in [2.45, 2.75) is 6.61 Å². The normalized spacial score (nSPS) is 14.4. The molecule has 1 aliphatic rings. The quantitative estimate of drug-likeness (QED) is 0.245. The van der Waals surface area contributed by atoms with E-state index in [0.29, 0.717) is 29.2 Å². The fourth-order valence-electron chi connectivity index (χ4n) is 3.02. The summed E-state index contributed by atoms with van der Waals surface area (Å²) in [7, 11) is 1.55. The van der Waals surface area contributed by atoms with Gasteiger partial charge in [-0.1, -0.05) is 24.3 Å². The van der Waals surface area contributed by atoms with Crippen molar-refractivity contribution in [1.29, 1.82) is 0 Å². The Morgan fingerprint density at radius 1 is 1.10 bits per heavy atom. The van der Waals surface area contributed by atoms with E-state index >= 15 is 0 Å². The highest BCUT2D eigenvalue weighted by molar-refractivity contribution is 14.1. The Kier molecular flexibility index (Phi) is 6.31. The van der Waals surface area contributed by atoms with E-state index < -0.39 is 5.97 Å². The summed E-state index contributed by atoms with van der Waals surface area (Å²) in [5.41, 5.74) is 2.26. The van der Waals surface area contributed by atoms with Gasteiger partial charge in [-0.2, -0.15) is 0 Å². The lowest BCUT2D eigenvalue weighted by Gasteiger charge is -2.13. The van der Waals surface area contributed by atoms with Crippen LogP contribution in [-0.4, -0.2) is 19.0 Å². The van der Waals surface area contributed by atoms with Gasteiger partial charge >= 0.3 is 5.97 Å². The van der Waals surface area contributed by atoms with Gasteiger partial charge in [-0.3, -0.25) is 0 Å². The number of para-hydroxylation sites is 1. The Balaban J connectivity index is 1.65. The van der Waals surface area contributed by atoms with Gasteiger partial charge in [0.15, 0.2) is 17.2 Å². The van der Waals surface area contributed by atoms with Crippen molar-refractivity contribution in [3.63, 3.8) is 0 Å². The second kappa shape index (κ2) is 9.30. The summed E-state index contributed by atoms with van der Waals surface area (Å²) in [6, 6.07) is 18.9. The minimum Gasteiger partial charge on any atom is -0.493 e. The standard InChI is InChI=1S/C24H17FINO4/c1-29-21-7-3-5-17(22(21)30-14-15-4-2-6-19(26)12-15)13-20-24(28)31-23(27-20)16-8-10-18(25)11-9-16/h2-13H,14H2,1H3/b20-13-. The first kappa shape index (κ1) is 21.0. The Hall–Kier alpha value is -3.20. The van der Waals surface area contributed by atoms with E-state index in [1.54, 1.807) is 31.4 Å². The lowest BCUT2D eigenvalue weighted by atomic mass is 10.1. The molecule has 0 radical (unpaired) electrons. The van der Waals surface area contributed by atoms with Crippen molar-refractivity contribution in [2.75, 3.05) is 7.11 Å².